The lowest BCUT2D eigenvalue weighted by Gasteiger charge is -2.33. The predicted octanol–water partition coefficient (Wildman–Crippen LogP) is 3.52. The molecule has 1 N–H and O–H groups in total. The number of aromatic nitrogens is 2. The summed E-state index contributed by atoms with van der Waals surface area (Å²) in [6, 6.07) is 17.2. The minimum Gasteiger partial charge on any atom is -0.477 e. The van der Waals surface area contributed by atoms with Crippen LogP contribution in [0.4, 0.5) is 13.2 Å². The second-order valence-electron chi connectivity index (χ2n) is 9.43. The largest absolute Gasteiger partial charge is 0.477 e. The number of halogens is 4. The number of hydrogen-bond acceptors (Lipinski definition) is 5. The van der Waals surface area contributed by atoms with E-state index in [9.17, 15) is 31.5 Å². The molecule has 5 rings (SSSR count). The minimum absolute atomic E-state index is 0.00793. The molecule has 0 atom stereocenters. The molecule has 0 spiro atoms. The quantitative estimate of drug-likeness (QED) is 0.346. The molecule has 13 heteroatoms. The highest BCUT2D eigenvalue weighted by Gasteiger charge is 2.36. The van der Waals surface area contributed by atoms with E-state index in [1.807, 2.05) is 35.2 Å². The standard InChI is InChI=1S/C27H24ClF3N4O4S/c28-23-10-9-20(16-22(23)27(29,30)31)40(38,39)33-14-12-32(13-15-33)18-21-25(36)34-11-5-4-8-24(34)35(26(21)37)17-19-6-2-1-3-7-19/h1-11,16H,12-15,17-18H2/p+1. The van der Waals surface area contributed by atoms with Crippen LogP contribution >= 0.6 is 11.6 Å². The second-order valence-corrected chi connectivity index (χ2v) is 11.8. The van der Waals surface area contributed by atoms with Gasteiger partial charge in [-0.25, -0.2) is 13.2 Å². The average molecular weight is 594 g/mol. The number of alkyl halides is 3. The molecule has 0 radical (unpaired) electrons. The van der Waals surface area contributed by atoms with Crippen molar-refractivity contribution in [3.8, 4) is 5.88 Å². The van der Waals surface area contributed by atoms with Crippen LogP contribution in [0.15, 0.2) is 82.6 Å². The summed E-state index contributed by atoms with van der Waals surface area (Å²) < 4.78 is 70.3. The Morgan fingerprint density at radius 1 is 0.950 bits per heavy atom. The Balaban J connectivity index is 1.38. The molecule has 1 aliphatic heterocycles. The van der Waals surface area contributed by atoms with Crippen LogP contribution in [0.2, 0.25) is 5.02 Å². The summed E-state index contributed by atoms with van der Waals surface area (Å²) in [5, 5.41) is 10.6. The molecular formula is C27H25ClF3N4O4S+. The molecule has 0 saturated carbocycles. The van der Waals surface area contributed by atoms with Crippen LogP contribution in [0.25, 0.3) is 5.65 Å². The van der Waals surface area contributed by atoms with Gasteiger partial charge >= 0.3 is 11.7 Å². The summed E-state index contributed by atoms with van der Waals surface area (Å²) in [4.78, 5) is 14.7. The van der Waals surface area contributed by atoms with Crippen LogP contribution in [0, 0.1) is 0 Å². The van der Waals surface area contributed by atoms with E-state index in [0.717, 1.165) is 22.0 Å². The monoisotopic (exact) mass is 593 g/mol. The molecule has 1 fully saturated rings. The number of sulfonamides is 1. The van der Waals surface area contributed by atoms with Gasteiger partial charge in [-0.05, 0) is 29.8 Å². The summed E-state index contributed by atoms with van der Waals surface area (Å²) >= 11 is 5.65. The van der Waals surface area contributed by atoms with E-state index in [1.54, 1.807) is 29.0 Å². The van der Waals surface area contributed by atoms with Crippen molar-refractivity contribution in [3.05, 3.63) is 105 Å². The van der Waals surface area contributed by atoms with Crippen LogP contribution in [0.3, 0.4) is 0 Å². The summed E-state index contributed by atoms with van der Waals surface area (Å²) in [6.45, 7) is 0.769. The molecule has 0 aliphatic carbocycles. The molecular weight excluding hydrogens is 569 g/mol. The number of hydrogen-bond donors (Lipinski definition) is 1. The molecule has 1 saturated heterocycles. The normalized spacial score (nSPS) is 15.5. The Kier molecular flexibility index (Phi) is 7.62. The third-order valence-corrected chi connectivity index (χ3v) is 9.12. The molecule has 40 heavy (non-hydrogen) atoms. The van der Waals surface area contributed by atoms with Gasteiger partial charge in [0.25, 0.3) is 11.5 Å². The van der Waals surface area contributed by atoms with Crippen molar-refractivity contribution in [1.29, 1.82) is 0 Å². The molecule has 4 aromatic rings. The Hall–Kier alpha value is -3.45. The first-order valence-corrected chi connectivity index (χ1v) is 14.2. The van der Waals surface area contributed by atoms with Gasteiger partial charge in [0.1, 0.15) is 12.1 Å². The lowest BCUT2D eigenvalue weighted by molar-refractivity contribution is -0.672. The summed E-state index contributed by atoms with van der Waals surface area (Å²) in [7, 11) is -4.22. The van der Waals surface area contributed by atoms with Gasteiger partial charge in [0.05, 0.1) is 21.7 Å². The first-order chi connectivity index (χ1) is 19.0. The minimum atomic E-state index is -4.80. The van der Waals surface area contributed by atoms with Crippen molar-refractivity contribution in [2.45, 2.75) is 24.2 Å². The summed E-state index contributed by atoms with van der Waals surface area (Å²) in [6.07, 6.45) is -3.18. The van der Waals surface area contributed by atoms with E-state index in [0.29, 0.717) is 18.3 Å². The van der Waals surface area contributed by atoms with Crippen molar-refractivity contribution in [2.75, 3.05) is 26.2 Å². The third kappa shape index (κ3) is 5.44. The topological polar surface area (TPSA) is 86.2 Å². The van der Waals surface area contributed by atoms with Crippen LogP contribution in [-0.2, 0) is 29.3 Å². The van der Waals surface area contributed by atoms with Gasteiger partial charge in [0.2, 0.25) is 10.0 Å². The first-order valence-electron chi connectivity index (χ1n) is 12.3. The number of fused-ring (bicyclic) bond motifs is 1. The van der Waals surface area contributed by atoms with Crippen LogP contribution in [-0.4, -0.2) is 53.3 Å². The fraction of sp³-hybridized carbons (Fsp3) is 0.259. The molecule has 1 aliphatic rings. The fourth-order valence-electron chi connectivity index (χ4n) is 4.78. The first kappa shape index (κ1) is 28.1. The van der Waals surface area contributed by atoms with Crippen molar-refractivity contribution in [1.82, 2.24) is 13.6 Å². The average Bonchev–Trinajstić information content (AvgIpc) is 2.93. The highest BCUT2D eigenvalue weighted by Crippen LogP contribution is 2.36. The van der Waals surface area contributed by atoms with Crippen molar-refractivity contribution in [2.24, 2.45) is 0 Å². The van der Waals surface area contributed by atoms with Crippen LogP contribution in [0.5, 0.6) is 5.88 Å². The van der Waals surface area contributed by atoms with Gasteiger partial charge in [-0.1, -0.05) is 48.0 Å². The molecule has 210 valence electrons. The molecule has 0 amide bonds. The molecule has 8 nitrogen and oxygen atoms in total. The van der Waals surface area contributed by atoms with Crippen molar-refractivity contribution >= 4 is 27.3 Å². The van der Waals surface area contributed by atoms with E-state index in [4.69, 9.17) is 11.6 Å². The number of pyridine rings is 1. The number of benzene rings is 2. The number of rotatable bonds is 6. The van der Waals surface area contributed by atoms with Gasteiger partial charge < -0.3 is 5.11 Å². The number of piperazine rings is 1. The van der Waals surface area contributed by atoms with Crippen LogP contribution < -0.4 is 10.1 Å². The third-order valence-electron chi connectivity index (χ3n) is 6.89. The maximum absolute atomic E-state index is 13.3. The Morgan fingerprint density at radius 2 is 1.62 bits per heavy atom. The van der Waals surface area contributed by atoms with Gasteiger partial charge in [-0.3, -0.25) is 4.90 Å². The van der Waals surface area contributed by atoms with E-state index in [1.165, 1.54) is 4.40 Å². The van der Waals surface area contributed by atoms with Crippen LogP contribution in [0.1, 0.15) is 16.7 Å². The van der Waals surface area contributed by atoms with E-state index in [-0.39, 0.29) is 44.2 Å². The molecule has 0 unspecified atom stereocenters. The zero-order valence-electron chi connectivity index (χ0n) is 21.1. The lowest BCUT2D eigenvalue weighted by Crippen LogP contribution is -2.49. The highest BCUT2D eigenvalue weighted by molar-refractivity contribution is 7.89. The molecule has 2 aromatic carbocycles. The maximum atomic E-state index is 13.3. The lowest BCUT2D eigenvalue weighted by atomic mass is 10.2. The molecule has 3 heterocycles. The van der Waals surface area contributed by atoms with E-state index in [2.05, 4.69) is 0 Å². The Bertz CT molecular complexity index is 1720. The molecule has 2 aromatic heterocycles. The summed E-state index contributed by atoms with van der Waals surface area (Å²) in [5.74, 6) is -0.184. The van der Waals surface area contributed by atoms with Gasteiger partial charge in [-0.15, -0.1) is 0 Å². The van der Waals surface area contributed by atoms with Gasteiger partial charge in [0, 0.05) is 38.8 Å². The number of nitrogens with zero attached hydrogens (tertiary/aromatic N) is 4. The predicted molar refractivity (Wildman–Crippen MR) is 142 cm³/mol. The Morgan fingerprint density at radius 3 is 2.30 bits per heavy atom. The highest BCUT2D eigenvalue weighted by atomic mass is 35.5. The van der Waals surface area contributed by atoms with E-state index < -0.39 is 37.2 Å². The number of aromatic hydroxyl groups is 1. The summed E-state index contributed by atoms with van der Waals surface area (Å²) in [5.41, 5.74) is -0.0238. The Labute approximate surface area is 233 Å². The smallest absolute Gasteiger partial charge is 0.417 e. The fourth-order valence-corrected chi connectivity index (χ4v) is 6.45. The SMILES string of the molecule is O=c1c(CN2CCN(S(=O)(=O)c3ccc(Cl)c(C(F)(F)F)c3)CC2)c(O)[n+](Cc2ccccc2)c2ccccn12. The van der Waals surface area contributed by atoms with Gasteiger partial charge in [0.15, 0.2) is 0 Å². The van der Waals surface area contributed by atoms with Crippen molar-refractivity contribution < 1.29 is 31.3 Å². The maximum Gasteiger partial charge on any atom is 0.417 e. The van der Waals surface area contributed by atoms with E-state index >= 15 is 0 Å². The molecule has 0 bridgehead atoms. The van der Waals surface area contributed by atoms with Crippen molar-refractivity contribution in [3.63, 3.8) is 0 Å². The zero-order chi connectivity index (χ0) is 28.7. The van der Waals surface area contributed by atoms with Gasteiger partial charge in [-0.2, -0.15) is 26.4 Å². The zero-order valence-corrected chi connectivity index (χ0v) is 22.6. The second kappa shape index (κ2) is 10.8.